The number of aryl methyl sites for hydroxylation is 1. The Balaban J connectivity index is 1.85. The van der Waals surface area contributed by atoms with Crippen LogP contribution in [-0.2, 0) is 19.4 Å². The summed E-state index contributed by atoms with van der Waals surface area (Å²) >= 11 is 1.76. The van der Waals surface area contributed by atoms with E-state index < -0.39 is 0 Å². The second-order valence-corrected chi connectivity index (χ2v) is 5.90. The SMILES string of the molecule is CCc1nc(CN2CCCc3c(N)cccc32)cs1. The lowest BCUT2D eigenvalue weighted by Crippen LogP contribution is -2.29. The number of nitrogens with two attached hydrogens (primary N) is 1. The number of aromatic nitrogens is 1. The molecule has 1 aromatic carbocycles. The van der Waals surface area contributed by atoms with E-state index in [1.165, 1.54) is 28.4 Å². The van der Waals surface area contributed by atoms with Crippen LogP contribution >= 0.6 is 11.3 Å². The fraction of sp³-hybridized carbons (Fsp3) is 0.400. The van der Waals surface area contributed by atoms with E-state index in [0.717, 1.165) is 31.6 Å². The Labute approximate surface area is 118 Å². The van der Waals surface area contributed by atoms with E-state index in [1.807, 2.05) is 12.1 Å². The number of benzene rings is 1. The fourth-order valence-corrected chi connectivity index (χ4v) is 3.41. The molecule has 3 nitrogen and oxygen atoms in total. The van der Waals surface area contributed by atoms with E-state index in [1.54, 1.807) is 11.3 Å². The van der Waals surface area contributed by atoms with E-state index in [4.69, 9.17) is 5.73 Å². The fourth-order valence-electron chi connectivity index (χ4n) is 2.67. The van der Waals surface area contributed by atoms with Gasteiger partial charge in [-0.25, -0.2) is 4.98 Å². The van der Waals surface area contributed by atoms with Gasteiger partial charge >= 0.3 is 0 Å². The highest BCUT2D eigenvalue weighted by Crippen LogP contribution is 2.32. The minimum Gasteiger partial charge on any atom is -0.398 e. The van der Waals surface area contributed by atoms with Crippen molar-refractivity contribution in [1.82, 2.24) is 4.98 Å². The van der Waals surface area contributed by atoms with Crippen molar-refractivity contribution in [3.8, 4) is 0 Å². The smallest absolute Gasteiger partial charge is 0.0926 e. The van der Waals surface area contributed by atoms with Crippen LogP contribution in [0.5, 0.6) is 0 Å². The molecule has 3 rings (SSSR count). The first-order valence-corrected chi connectivity index (χ1v) is 7.71. The van der Waals surface area contributed by atoms with Crippen LogP contribution in [0.1, 0.15) is 29.6 Å². The molecule has 0 unspecified atom stereocenters. The summed E-state index contributed by atoms with van der Waals surface area (Å²) < 4.78 is 0. The van der Waals surface area contributed by atoms with Crippen LogP contribution in [0.15, 0.2) is 23.6 Å². The van der Waals surface area contributed by atoms with Crippen LogP contribution in [-0.4, -0.2) is 11.5 Å². The number of hydrogen-bond acceptors (Lipinski definition) is 4. The number of anilines is 2. The summed E-state index contributed by atoms with van der Waals surface area (Å²) in [4.78, 5) is 7.07. The molecule has 2 aromatic rings. The van der Waals surface area contributed by atoms with E-state index >= 15 is 0 Å². The lowest BCUT2D eigenvalue weighted by Gasteiger charge is -2.31. The van der Waals surface area contributed by atoms with Crippen molar-refractivity contribution in [2.75, 3.05) is 17.2 Å². The third kappa shape index (κ3) is 2.45. The van der Waals surface area contributed by atoms with Crippen molar-refractivity contribution in [1.29, 1.82) is 0 Å². The summed E-state index contributed by atoms with van der Waals surface area (Å²) in [6.45, 7) is 4.14. The largest absolute Gasteiger partial charge is 0.398 e. The zero-order chi connectivity index (χ0) is 13.2. The molecule has 1 aliphatic rings. The highest BCUT2D eigenvalue weighted by Gasteiger charge is 2.19. The summed E-state index contributed by atoms with van der Waals surface area (Å²) in [7, 11) is 0. The maximum atomic E-state index is 6.08. The Morgan fingerprint density at radius 1 is 1.42 bits per heavy atom. The molecule has 0 bridgehead atoms. The molecule has 4 heteroatoms. The third-order valence-corrected chi connectivity index (χ3v) is 4.68. The van der Waals surface area contributed by atoms with Gasteiger partial charge in [0.05, 0.1) is 17.2 Å². The molecule has 0 fully saturated rings. The number of fused-ring (bicyclic) bond motifs is 1. The summed E-state index contributed by atoms with van der Waals surface area (Å²) in [5.74, 6) is 0. The van der Waals surface area contributed by atoms with Gasteiger partial charge in [-0.2, -0.15) is 0 Å². The zero-order valence-electron chi connectivity index (χ0n) is 11.2. The summed E-state index contributed by atoms with van der Waals surface area (Å²) in [5.41, 5.74) is 10.8. The van der Waals surface area contributed by atoms with Gasteiger partial charge in [0.25, 0.3) is 0 Å². The van der Waals surface area contributed by atoms with Gasteiger partial charge in [0.15, 0.2) is 0 Å². The topological polar surface area (TPSA) is 42.2 Å². The summed E-state index contributed by atoms with van der Waals surface area (Å²) in [6, 6.07) is 6.23. The van der Waals surface area contributed by atoms with Crippen molar-refractivity contribution in [2.24, 2.45) is 0 Å². The molecule has 0 radical (unpaired) electrons. The number of thiazole rings is 1. The molecular weight excluding hydrogens is 254 g/mol. The standard InChI is InChI=1S/C15H19N3S/c1-2-15-17-11(10-19-15)9-18-8-4-5-12-13(16)6-3-7-14(12)18/h3,6-7,10H,2,4-5,8-9,16H2,1H3. The maximum absolute atomic E-state index is 6.08. The molecule has 0 spiro atoms. The van der Waals surface area contributed by atoms with Crippen molar-refractivity contribution in [3.63, 3.8) is 0 Å². The molecule has 100 valence electrons. The highest BCUT2D eigenvalue weighted by atomic mass is 32.1. The lowest BCUT2D eigenvalue weighted by atomic mass is 10.00. The molecule has 2 heterocycles. The number of hydrogen-bond donors (Lipinski definition) is 1. The lowest BCUT2D eigenvalue weighted by molar-refractivity contribution is 0.686. The number of rotatable bonds is 3. The van der Waals surface area contributed by atoms with Crippen LogP contribution in [0, 0.1) is 0 Å². The van der Waals surface area contributed by atoms with Crippen molar-refractivity contribution >= 4 is 22.7 Å². The average molecular weight is 273 g/mol. The third-order valence-electron chi connectivity index (χ3n) is 3.64. The minimum absolute atomic E-state index is 0.896. The van der Waals surface area contributed by atoms with E-state index in [0.29, 0.717) is 0 Å². The van der Waals surface area contributed by atoms with Crippen LogP contribution in [0.25, 0.3) is 0 Å². The van der Waals surface area contributed by atoms with Gasteiger partial charge in [-0.05, 0) is 37.0 Å². The van der Waals surface area contributed by atoms with Gasteiger partial charge in [-0.15, -0.1) is 11.3 Å². The minimum atomic E-state index is 0.896. The Hall–Kier alpha value is -1.55. The van der Waals surface area contributed by atoms with Gasteiger partial charge in [0, 0.05) is 23.3 Å². The molecular formula is C15H19N3S. The molecule has 1 aliphatic heterocycles. The first-order chi connectivity index (χ1) is 9.28. The van der Waals surface area contributed by atoms with Gasteiger partial charge in [0.2, 0.25) is 0 Å². The normalized spacial score (nSPS) is 14.5. The predicted octanol–water partition coefficient (Wildman–Crippen LogP) is 3.24. The van der Waals surface area contributed by atoms with Crippen LogP contribution < -0.4 is 10.6 Å². The maximum Gasteiger partial charge on any atom is 0.0926 e. The van der Waals surface area contributed by atoms with Crippen LogP contribution in [0.4, 0.5) is 11.4 Å². The highest BCUT2D eigenvalue weighted by molar-refractivity contribution is 7.09. The second kappa shape index (κ2) is 5.21. The Morgan fingerprint density at radius 2 is 2.32 bits per heavy atom. The monoisotopic (exact) mass is 273 g/mol. The molecule has 0 atom stereocenters. The Kier molecular flexibility index (Phi) is 3.42. The molecule has 19 heavy (non-hydrogen) atoms. The van der Waals surface area contributed by atoms with Crippen molar-refractivity contribution < 1.29 is 0 Å². The predicted molar refractivity (Wildman–Crippen MR) is 81.7 cm³/mol. The molecule has 1 aromatic heterocycles. The van der Waals surface area contributed by atoms with Crippen LogP contribution in [0.2, 0.25) is 0 Å². The Bertz CT molecular complexity index is 577. The van der Waals surface area contributed by atoms with Gasteiger partial charge < -0.3 is 10.6 Å². The summed E-state index contributed by atoms with van der Waals surface area (Å²) in [5, 5.41) is 3.40. The van der Waals surface area contributed by atoms with Gasteiger partial charge in [0.1, 0.15) is 0 Å². The number of nitrogens with zero attached hydrogens (tertiary/aromatic N) is 2. The first-order valence-electron chi connectivity index (χ1n) is 6.83. The van der Waals surface area contributed by atoms with Crippen molar-refractivity contribution in [3.05, 3.63) is 39.8 Å². The second-order valence-electron chi connectivity index (χ2n) is 4.96. The van der Waals surface area contributed by atoms with Gasteiger partial charge in [-0.3, -0.25) is 0 Å². The molecule has 0 aliphatic carbocycles. The zero-order valence-corrected chi connectivity index (χ0v) is 12.0. The van der Waals surface area contributed by atoms with Crippen molar-refractivity contribution in [2.45, 2.75) is 32.7 Å². The van der Waals surface area contributed by atoms with Gasteiger partial charge in [-0.1, -0.05) is 13.0 Å². The Morgan fingerprint density at radius 3 is 3.11 bits per heavy atom. The number of nitrogen functional groups attached to an aromatic ring is 1. The average Bonchev–Trinajstić information content (AvgIpc) is 2.88. The van der Waals surface area contributed by atoms with Crippen LogP contribution in [0.3, 0.4) is 0 Å². The van der Waals surface area contributed by atoms with E-state index in [9.17, 15) is 0 Å². The molecule has 0 saturated carbocycles. The van der Waals surface area contributed by atoms with E-state index in [2.05, 4.69) is 28.3 Å². The summed E-state index contributed by atoms with van der Waals surface area (Å²) in [6.07, 6.45) is 3.29. The first kappa shape index (κ1) is 12.5. The molecule has 2 N–H and O–H groups in total. The van der Waals surface area contributed by atoms with E-state index in [-0.39, 0.29) is 0 Å². The molecule has 0 saturated heterocycles. The quantitative estimate of drug-likeness (QED) is 0.873. The molecule has 0 amide bonds.